The SMILES string of the molecule is COCC(=O)Nc1ccnc(NC(C)c2cc3cc(Cl)ccc3[nH]c2=O)n1. The zero-order chi connectivity index (χ0) is 19.4. The predicted molar refractivity (Wildman–Crippen MR) is 104 cm³/mol. The lowest BCUT2D eigenvalue weighted by Gasteiger charge is -2.15. The smallest absolute Gasteiger partial charge is 0.253 e. The summed E-state index contributed by atoms with van der Waals surface area (Å²) in [6.07, 6.45) is 1.51. The van der Waals surface area contributed by atoms with Crippen molar-refractivity contribution in [2.75, 3.05) is 24.4 Å². The molecule has 8 nitrogen and oxygen atoms in total. The predicted octanol–water partition coefficient (Wildman–Crippen LogP) is 2.73. The molecule has 3 N–H and O–H groups in total. The highest BCUT2D eigenvalue weighted by Gasteiger charge is 2.13. The Hall–Kier alpha value is -2.97. The highest BCUT2D eigenvalue weighted by molar-refractivity contribution is 6.31. The molecule has 0 spiro atoms. The Morgan fingerprint density at radius 3 is 2.93 bits per heavy atom. The second-order valence-electron chi connectivity index (χ2n) is 5.90. The third-order valence-corrected chi connectivity index (χ3v) is 4.08. The van der Waals surface area contributed by atoms with Crippen LogP contribution in [-0.4, -0.2) is 34.6 Å². The first-order chi connectivity index (χ1) is 13.0. The first kappa shape index (κ1) is 18.8. The summed E-state index contributed by atoms with van der Waals surface area (Å²) in [7, 11) is 1.43. The molecule has 1 amide bonds. The summed E-state index contributed by atoms with van der Waals surface area (Å²) in [5, 5.41) is 7.08. The van der Waals surface area contributed by atoms with Crippen LogP contribution in [0.3, 0.4) is 0 Å². The fourth-order valence-electron chi connectivity index (χ4n) is 2.60. The van der Waals surface area contributed by atoms with Crippen LogP contribution in [0, 0.1) is 0 Å². The van der Waals surface area contributed by atoms with Crippen molar-refractivity contribution in [1.82, 2.24) is 15.0 Å². The van der Waals surface area contributed by atoms with Gasteiger partial charge in [0.25, 0.3) is 11.5 Å². The van der Waals surface area contributed by atoms with Crippen LogP contribution in [0.25, 0.3) is 10.9 Å². The molecule has 0 aliphatic carbocycles. The summed E-state index contributed by atoms with van der Waals surface area (Å²) >= 11 is 6.03. The fraction of sp³-hybridized carbons (Fsp3) is 0.222. The lowest BCUT2D eigenvalue weighted by molar-refractivity contribution is -0.119. The minimum Gasteiger partial charge on any atom is -0.375 e. The summed E-state index contributed by atoms with van der Waals surface area (Å²) in [6.45, 7) is 1.75. The van der Waals surface area contributed by atoms with Crippen molar-refractivity contribution in [1.29, 1.82) is 0 Å². The number of H-pyrrole nitrogens is 1. The second-order valence-corrected chi connectivity index (χ2v) is 6.33. The average Bonchev–Trinajstić information content (AvgIpc) is 2.62. The van der Waals surface area contributed by atoms with E-state index in [9.17, 15) is 9.59 Å². The third kappa shape index (κ3) is 4.60. The molecule has 2 heterocycles. The van der Waals surface area contributed by atoms with Crippen molar-refractivity contribution in [3.05, 3.63) is 57.5 Å². The Labute approximate surface area is 159 Å². The number of benzene rings is 1. The number of rotatable bonds is 6. The van der Waals surface area contributed by atoms with E-state index < -0.39 is 0 Å². The molecule has 0 saturated heterocycles. The van der Waals surface area contributed by atoms with E-state index in [-0.39, 0.29) is 30.1 Å². The topological polar surface area (TPSA) is 109 Å². The average molecular weight is 388 g/mol. The molecule has 1 atom stereocenters. The molecule has 9 heteroatoms. The molecule has 140 valence electrons. The van der Waals surface area contributed by atoms with E-state index in [0.717, 1.165) is 5.39 Å². The van der Waals surface area contributed by atoms with Crippen LogP contribution < -0.4 is 16.2 Å². The molecule has 2 aromatic heterocycles. The van der Waals surface area contributed by atoms with Gasteiger partial charge in [-0.3, -0.25) is 9.59 Å². The van der Waals surface area contributed by atoms with Crippen LogP contribution in [-0.2, 0) is 9.53 Å². The lowest BCUT2D eigenvalue weighted by atomic mass is 10.1. The number of amides is 1. The number of hydrogen-bond acceptors (Lipinski definition) is 6. The van der Waals surface area contributed by atoms with E-state index in [0.29, 0.717) is 21.9 Å². The van der Waals surface area contributed by atoms with Gasteiger partial charge in [-0.25, -0.2) is 4.98 Å². The van der Waals surface area contributed by atoms with Gasteiger partial charge in [0.05, 0.1) is 6.04 Å². The molecule has 27 heavy (non-hydrogen) atoms. The van der Waals surface area contributed by atoms with Gasteiger partial charge in [0.1, 0.15) is 12.4 Å². The van der Waals surface area contributed by atoms with E-state index in [2.05, 4.69) is 25.6 Å². The molecule has 1 unspecified atom stereocenters. The first-order valence-electron chi connectivity index (χ1n) is 8.17. The molecule has 0 radical (unpaired) electrons. The third-order valence-electron chi connectivity index (χ3n) is 3.85. The first-order valence-corrected chi connectivity index (χ1v) is 8.55. The Kier molecular flexibility index (Phi) is 5.68. The van der Waals surface area contributed by atoms with E-state index in [4.69, 9.17) is 16.3 Å². The molecule has 3 rings (SSSR count). The van der Waals surface area contributed by atoms with E-state index >= 15 is 0 Å². The number of ether oxygens (including phenoxy) is 1. The van der Waals surface area contributed by atoms with Crippen molar-refractivity contribution in [3.8, 4) is 0 Å². The molecule has 0 bridgehead atoms. The number of nitrogens with zero attached hydrogens (tertiary/aromatic N) is 2. The van der Waals surface area contributed by atoms with Gasteiger partial charge in [0.15, 0.2) is 0 Å². The Morgan fingerprint density at radius 1 is 1.33 bits per heavy atom. The summed E-state index contributed by atoms with van der Waals surface area (Å²) in [5.74, 6) is 0.294. The number of aromatic amines is 1. The van der Waals surface area contributed by atoms with Gasteiger partial charge >= 0.3 is 0 Å². The minimum atomic E-state index is -0.373. The number of fused-ring (bicyclic) bond motifs is 1. The Bertz CT molecular complexity index is 1040. The Morgan fingerprint density at radius 2 is 2.15 bits per heavy atom. The fourth-order valence-corrected chi connectivity index (χ4v) is 2.78. The van der Waals surface area contributed by atoms with Gasteiger partial charge in [0.2, 0.25) is 5.95 Å². The van der Waals surface area contributed by atoms with Crippen molar-refractivity contribution in [3.63, 3.8) is 0 Å². The molecule has 3 aromatic rings. The van der Waals surface area contributed by atoms with Gasteiger partial charge in [0, 0.05) is 34.8 Å². The number of aromatic nitrogens is 3. The molecule has 0 fully saturated rings. The number of halogens is 1. The van der Waals surface area contributed by atoms with Crippen LogP contribution in [0.4, 0.5) is 11.8 Å². The van der Waals surface area contributed by atoms with Gasteiger partial charge in [-0.15, -0.1) is 0 Å². The summed E-state index contributed by atoms with van der Waals surface area (Å²) in [5.41, 5.74) is 1.01. The number of hydrogen-bond donors (Lipinski definition) is 3. The maximum absolute atomic E-state index is 12.4. The number of anilines is 2. The normalized spacial score (nSPS) is 12.0. The monoisotopic (exact) mass is 387 g/mol. The van der Waals surface area contributed by atoms with E-state index in [1.165, 1.54) is 13.3 Å². The minimum absolute atomic E-state index is 0.0712. The van der Waals surface area contributed by atoms with Gasteiger partial charge in [-0.05, 0) is 37.3 Å². The van der Waals surface area contributed by atoms with Crippen LogP contribution in [0.2, 0.25) is 5.02 Å². The van der Waals surface area contributed by atoms with Crippen LogP contribution >= 0.6 is 11.6 Å². The highest BCUT2D eigenvalue weighted by Crippen LogP contribution is 2.21. The van der Waals surface area contributed by atoms with Gasteiger partial charge < -0.3 is 20.4 Å². The van der Waals surface area contributed by atoms with Crippen LogP contribution in [0.5, 0.6) is 0 Å². The van der Waals surface area contributed by atoms with E-state index in [1.54, 1.807) is 30.3 Å². The zero-order valence-corrected chi connectivity index (χ0v) is 15.5. The largest absolute Gasteiger partial charge is 0.375 e. The van der Waals surface area contributed by atoms with Gasteiger partial charge in [-0.1, -0.05) is 11.6 Å². The zero-order valence-electron chi connectivity index (χ0n) is 14.7. The number of methoxy groups -OCH3 is 1. The number of carbonyl (C=O) groups excluding carboxylic acids is 1. The number of pyridine rings is 1. The van der Waals surface area contributed by atoms with Crippen LogP contribution in [0.1, 0.15) is 18.5 Å². The lowest BCUT2D eigenvalue weighted by Crippen LogP contribution is -2.21. The summed E-state index contributed by atoms with van der Waals surface area (Å²) in [4.78, 5) is 35.2. The van der Waals surface area contributed by atoms with Crippen molar-refractivity contribution in [2.45, 2.75) is 13.0 Å². The number of carbonyl (C=O) groups is 1. The molecule has 0 saturated carbocycles. The maximum Gasteiger partial charge on any atom is 0.253 e. The standard InChI is InChI=1S/C18H18ClN5O3/c1-10(13-8-11-7-12(19)3-4-14(11)22-17(13)26)21-18-20-6-5-15(24-18)23-16(25)9-27-2/h3-8,10H,9H2,1-2H3,(H,22,26)(H2,20,21,23,24,25). The highest BCUT2D eigenvalue weighted by atomic mass is 35.5. The van der Waals surface area contributed by atoms with Crippen molar-refractivity contribution in [2.24, 2.45) is 0 Å². The summed E-state index contributed by atoms with van der Waals surface area (Å²) < 4.78 is 4.77. The molecule has 1 aromatic carbocycles. The molecule has 0 aliphatic heterocycles. The number of nitrogens with one attached hydrogen (secondary N) is 3. The second kappa shape index (κ2) is 8.15. The molecule has 0 aliphatic rings. The van der Waals surface area contributed by atoms with Crippen molar-refractivity contribution < 1.29 is 9.53 Å². The molecular formula is C18H18ClN5O3. The molecular weight excluding hydrogens is 370 g/mol. The Balaban J connectivity index is 1.82. The van der Waals surface area contributed by atoms with Gasteiger partial charge in [-0.2, -0.15) is 4.98 Å². The van der Waals surface area contributed by atoms with Crippen LogP contribution in [0.15, 0.2) is 41.3 Å². The quantitative estimate of drug-likeness (QED) is 0.600. The summed E-state index contributed by atoms with van der Waals surface area (Å²) in [6, 6.07) is 8.23. The maximum atomic E-state index is 12.4. The van der Waals surface area contributed by atoms with Crippen molar-refractivity contribution >= 4 is 40.2 Å². The van der Waals surface area contributed by atoms with E-state index in [1.807, 2.05) is 6.92 Å².